The highest BCUT2D eigenvalue weighted by Gasteiger charge is 2.27. The summed E-state index contributed by atoms with van der Waals surface area (Å²) in [6, 6.07) is 10.3. The van der Waals surface area contributed by atoms with Gasteiger partial charge in [0.2, 0.25) is 0 Å². The molecule has 1 fully saturated rings. The van der Waals surface area contributed by atoms with E-state index < -0.39 is 0 Å². The molecule has 2 heterocycles. The number of hydrogen-bond acceptors (Lipinski definition) is 3. The van der Waals surface area contributed by atoms with Crippen molar-refractivity contribution in [2.75, 3.05) is 13.2 Å². The topological polar surface area (TPSA) is 22.1 Å². The Hall–Kier alpha value is -0.770. The SMILES string of the molecule is ClC1COCC1Sc1cccc2cccnc12. The molecule has 2 atom stereocenters. The molecule has 88 valence electrons. The highest BCUT2D eigenvalue weighted by Crippen LogP contribution is 2.34. The smallest absolute Gasteiger partial charge is 0.0837 e. The first-order valence-electron chi connectivity index (χ1n) is 5.57. The maximum atomic E-state index is 6.21. The standard InChI is InChI=1S/C13H12ClNOS/c14-10-7-16-8-12(10)17-11-5-1-3-9-4-2-6-15-13(9)11/h1-6,10,12H,7-8H2. The molecule has 0 spiro atoms. The van der Waals surface area contributed by atoms with Gasteiger partial charge in [-0.3, -0.25) is 4.98 Å². The second-order valence-corrected chi connectivity index (χ2v) is 5.88. The van der Waals surface area contributed by atoms with E-state index in [1.807, 2.05) is 12.3 Å². The van der Waals surface area contributed by atoms with Crippen LogP contribution in [0.4, 0.5) is 0 Å². The molecule has 1 aromatic heterocycles. The summed E-state index contributed by atoms with van der Waals surface area (Å²) in [5.41, 5.74) is 1.05. The Morgan fingerprint density at radius 2 is 2.12 bits per heavy atom. The monoisotopic (exact) mass is 265 g/mol. The van der Waals surface area contributed by atoms with Gasteiger partial charge in [0.05, 0.1) is 29.4 Å². The van der Waals surface area contributed by atoms with E-state index in [-0.39, 0.29) is 5.38 Å². The van der Waals surface area contributed by atoms with E-state index in [9.17, 15) is 0 Å². The van der Waals surface area contributed by atoms with E-state index in [4.69, 9.17) is 16.3 Å². The Morgan fingerprint density at radius 3 is 2.94 bits per heavy atom. The molecule has 2 aromatic rings. The number of fused-ring (bicyclic) bond motifs is 1. The van der Waals surface area contributed by atoms with Crippen LogP contribution in [0.15, 0.2) is 41.4 Å². The lowest BCUT2D eigenvalue weighted by Gasteiger charge is -2.12. The van der Waals surface area contributed by atoms with Crippen molar-refractivity contribution in [2.45, 2.75) is 15.5 Å². The van der Waals surface area contributed by atoms with Gasteiger partial charge in [0.25, 0.3) is 0 Å². The first-order valence-corrected chi connectivity index (χ1v) is 6.88. The minimum Gasteiger partial charge on any atom is -0.379 e. The van der Waals surface area contributed by atoms with Crippen LogP contribution in [0.25, 0.3) is 10.9 Å². The fourth-order valence-corrected chi connectivity index (χ4v) is 3.42. The first-order chi connectivity index (χ1) is 8.34. The quantitative estimate of drug-likeness (QED) is 0.778. The Balaban J connectivity index is 1.94. The van der Waals surface area contributed by atoms with Crippen molar-refractivity contribution in [3.8, 4) is 0 Å². The average molecular weight is 266 g/mol. The van der Waals surface area contributed by atoms with E-state index in [1.54, 1.807) is 11.8 Å². The molecule has 0 N–H and O–H groups in total. The van der Waals surface area contributed by atoms with Crippen molar-refractivity contribution in [1.82, 2.24) is 4.98 Å². The van der Waals surface area contributed by atoms with Crippen LogP contribution in [0, 0.1) is 0 Å². The fourth-order valence-electron chi connectivity index (χ4n) is 1.95. The molecule has 1 saturated heterocycles. The molecule has 0 saturated carbocycles. The summed E-state index contributed by atoms with van der Waals surface area (Å²) < 4.78 is 5.38. The van der Waals surface area contributed by atoms with Gasteiger partial charge in [-0.2, -0.15) is 0 Å². The third kappa shape index (κ3) is 2.28. The summed E-state index contributed by atoms with van der Waals surface area (Å²) in [5.74, 6) is 0. The van der Waals surface area contributed by atoms with Gasteiger partial charge < -0.3 is 4.74 Å². The molecule has 0 radical (unpaired) electrons. The van der Waals surface area contributed by atoms with E-state index >= 15 is 0 Å². The van der Waals surface area contributed by atoms with Gasteiger partial charge in [-0.05, 0) is 12.1 Å². The molecule has 4 heteroatoms. The number of para-hydroxylation sites is 1. The molecule has 3 rings (SSSR count). The number of pyridine rings is 1. The number of thioether (sulfide) groups is 1. The zero-order valence-electron chi connectivity index (χ0n) is 9.17. The Morgan fingerprint density at radius 1 is 1.24 bits per heavy atom. The summed E-state index contributed by atoms with van der Waals surface area (Å²) in [6.07, 6.45) is 1.83. The number of rotatable bonds is 2. The molecular weight excluding hydrogens is 254 g/mol. The van der Waals surface area contributed by atoms with Crippen LogP contribution in [0.2, 0.25) is 0 Å². The van der Waals surface area contributed by atoms with Crippen molar-refractivity contribution in [3.63, 3.8) is 0 Å². The number of alkyl halides is 1. The largest absolute Gasteiger partial charge is 0.379 e. The van der Waals surface area contributed by atoms with Crippen LogP contribution in [0.5, 0.6) is 0 Å². The molecule has 1 aromatic carbocycles. The van der Waals surface area contributed by atoms with Crippen LogP contribution < -0.4 is 0 Å². The molecular formula is C13H12ClNOS. The van der Waals surface area contributed by atoms with Crippen LogP contribution in [0.3, 0.4) is 0 Å². The highest BCUT2D eigenvalue weighted by molar-refractivity contribution is 8.00. The summed E-state index contributed by atoms with van der Waals surface area (Å²) in [4.78, 5) is 5.63. The van der Waals surface area contributed by atoms with E-state index in [1.165, 1.54) is 10.3 Å². The molecule has 1 aliphatic heterocycles. The van der Waals surface area contributed by atoms with Crippen molar-refractivity contribution in [1.29, 1.82) is 0 Å². The van der Waals surface area contributed by atoms with Crippen LogP contribution in [0.1, 0.15) is 0 Å². The summed E-state index contributed by atoms with van der Waals surface area (Å²) in [6.45, 7) is 1.37. The summed E-state index contributed by atoms with van der Waals surface area (Å²) >= 11 is 7.98. The maximum absolute atomic E-state index is 6.21. The van der Waals surface area contributed by atoms with Crippen LogP contribution in [-0.2, 0) is 4.74 Å². The Kier molecular flexibility index (Phi) is 3.23. The zero-order valence-corrected chi connectivity index (χ0v) is 10.7. The number of aromatic nitrogens is 1. The summed E-state index contributed by atoms with van der Waals surface area (Å²) in [7, 11) is 0. The number of nitrogens with zero attached hydrogens (tertiary/aromatic N) is 1. The van der Waals surface area contributed by atoms with Gasteiger partial charge in [0, 0.05) is 16.5 Å². The second-order valence-electron chi connectivity index (χ2n) is 4.04. The van der Waals surface area contributed by atoms with Crippen molar-refractivity contribution < 1.29 is 4.74 Å². The second kappa shape index (κ2) is 4.84. The number of halogens is 1. The maximum Gasteiger partial charge on any atom is 0.0837 e. The van der Waals surface area contributed by atoms with E-state index in [0.29, 0.717) is 11.9 Å². The Bertz CT molecular complexity index is 528. The van der Waals surface area contributed by atoms with Crippen molar-refractivity contribution in [2.24, 2.45) is 0 Å². The van der Waals surface area contributed by atoms with Gasteiger partial charge in [0.1, 0.15) is 0 Å². The van der Waals surface area contributed by atoms with Gasteiger partial charge in [0.15, 0.2) is 0 Å². The zero-order chi connectivity index (χ0) is 11.7. The predicted octanol–water partition coefficient (Wildman–Crippen LogP) is 3.33. The molecule has 0 amide bonds. The van der Waals surface area contributed by atoms with E-state index in [0.717, 1.165) is 12.1 Å². The lowest BCUT2D eigenvalue weighted by molar-refractivity contribution is 0.199. The first kappa shape index (κ1) is 11.3. The molecule has 0 aliphatic carbocycles. The number of ether oxygens (including phenoxy) is 1. The van der Waals surface area contributed by atoms with Crippen molar-refractivity contribution >= 4 is 34.3 Å². The number of benzene rings is 1. The lowest BCUT2D eigenvalue weighted by Crippen LogP contribution is -2.14. The van der Waals surface area contributed by atoms with Gasteiger partial charge >= 0.3 is 0 Å². The molecule has 0 bridgehead atoms. The van der Waals surface area contributed by atoms with E-state index in [2.05, 4.69) is 29.2 Å². The van der Waals surface area contributed by atoms with Crippen LogP contribution >= 0.6 is 23.4 Å². The van der Waals surface area contributed by atoms with Gasteiger partial charge in [-0.25, -0.2) is 0 Å². The van der Waals surface area contributed by atoms with Gasteiger partial charge in [-0.1, -0.05) is 18.2 Å². The Labute approximate surface area is 109 Å². The molecule has 17 heavy (non-hydrogen) atoms. The molecule has 2 nitrogen and oxygen atoms in total. The normalized spacial score (nSPS) is 24.3. The van der Waals surface area contributed by atoms with Crippen molar-refractivity contribution in [3.05, 3.63) is 36.5 Å². The summed E-state index contributed by atoms with van der Waals surface area (Å²) in [5, 5.41) is 1.59. The average Bonchev–Trinajstić information content (AvgIpc) is 2.76. The third-order valence-electron chi connectivity index (χ3n) is 2.84. The minimum atomic E-state index is 0.0963. The minimum absolute atomic E-state index is 0.0963. The molecule has 1 aliphatic rings. The highest BCUT2D eigenvalue weighted by atomic mass is 35.5. The molecule has 2 unspecified atom stereocenters. The number of hydrogen-bond donors (Lipinski definition) is 0. The fraction of sp³-hybridized carbons (Fsp3) is 0.308. The predicted molar refractivity (Wildman–Crippen MR) is 71.8 cm³/mol. The van der Waals surface area contributed by atoms with Crippen LogP contribution in [-0.4, -0.2) is 28.8 Å². The van der Waals surface area contributed by atoms with Gasteiger partial charge in [-0.15, -0.1) is 23.4 Å². The third-order valence-corrected chi connectivity index (χ3v) is 4.77. The lowest BCUT2D eigenvalue weighted by atomic mass is 10.2.